The van der Waals surface area contributed by atoms with E-state index < -0.39 is 30.5 Å². The number of carbonyl (C=O) groups is 1. The second-order valence-electron chi connectivity index (χ2n) is 5.15. The average molecular weight is 347 g/mol. The maximum atomic E-state index is 12.0. The van der Waals surface area contributed by atoms with Gasteiger partial charge in [-0.2, -0.15) is 0 Å². The third-order valence-electron chi connectivity index (χ3n) is 4.09. The summed E-state index contributed by atoms with van der Waals surface area (Å²) in [6, 6.07) is 0.128. The number of β-lactam (4-membered cyclic amide) rings is 1. The van der Waals surface area contributed by atoms with E-state index in [0.717, 1.165) is 19.3 Å². The summed E-state index contributed by atoms with van der Waals surface area (Å²) in [5, 5.41) is 13.6. The van der Waals surface area contributed by atoms with E-state index in [9.17, 15) is 9.90 Å². The van der Waals surface area contributed by atoms with Crippen LogP contribution in [-0.4, -0.2) is 44.1 Å². The monoisotopic (exact) mass is 349 g/mol. The molecule has 2 N–H and O–H groups in total. The zero-order chi connectivity index (χ0) is 12.0. The van der Waals surface area contributed by atoms with Crippen LogP contribution in [0.2, 0.25) is 3.46 Å². The van der Waals surface area contributed by atoms with E-state index in [4.69, 9.17) is 0 Å². The Morgan fingerprint density at radius 2 is 2.47 bits per heavy atom. The van der Waals surface area contributed by atoms with Crippen LogP contribution in [0.4, 0.5) is 0 Å². The summed E-state index contributed by atoms with van der Waals surface area (Å²) in [5.41, 5.74) is 1.26. The molecule has 92 valence electrons. The molecular weight excluding hydrogens is 330 g/mol. The number of aliphatic hydroxyl groups is 1. The Labute approximate surface area is 111 Å². The average Bonchev–Trinajstić information content (AvgIpc) is 2.62. The van der Waals surface area contributed by atoms with Gasteiger partial charge in [0.05, 0.1) is 0 Å². The van der Waals surface area contributed by atoms with Gasteiger partial charge in [-0.3, -0.25) is 0 Å². The van der Waals surface area contributed by atoms with Crippen LogP contribution in [0.3, 0.4) is 0 Å². The first kappa shape index (κ1) is 11.8. The first-order valence-corrected chi connectivity index (χ1v) is 8.67. The molecule has 17 heavy (non-hydrogen) atoms. The quantitative estimate of drug-likeness (QED) is 0.445. The Hall–Kier alpha value is -0.300. The summed E-state index contributed by atoms with van der Waals surface area (Å²) in [6.45, 7) is 2.07. The van der Waals surface area contributed by atoms with Crippen molar-refractivity contribution in [2.45, 2.75) is 41.8 Å². The molecule has 1 saturated heterocycles. The Morgan fingerprint density at radius 1 is 1.65 bits per heavy atom. The van der Waals surface area contributed by atoms with Crippen LogP contribution in [-0.2, 0) is 4.79 Å². The van der Waals surface area contributed by atoms with Gasteiger partial charge in [-0.1, -0.05) is 0 Å². The zero-order valence-electron chi connectivity index (χ0n) is 9.85. The number of nitrogens with one attached hydrogen (secondary N) is 1. The molecule has 0 bridgehead atoms. The Morgan fingerprint density at radius 3 is 3.06 bits per heavy atom. The normalized spacial score (nSPS) is 41.3. The van der Waals surface area contributed by atoms with Gasteiger partial charge in [0.2, 0.25) is 0 Å². The third kappa shape index (κ3) is 1.54. The van der Waals surface area contributed by atoms with E-state index in [1.54, 1.807) is 0 Å². The summed E-state index contributed by atoms with van der Waals surface area (Å²) in [6.07, 6.45) is 7.05. The first-order chi connectivity index (χ1) is 8.16. The summed E-state index contributed by atoms with van der Waals surface area (Å²) < 4.78 is 1.80. The summed E-state index contributed by atoms with van der Waals surface area (Å²) in [7, 11) is 0. The van der Waals surface area contributed by atoms with Crippen molar-refractivity contribution in [1.82, 2.24) is 5.32 Å². The molecule has 0 aromatic carbocycles. The fraction of sp³-hybridized carbons (Fsp3) is 0.615. The third-order valence-corrected chi connectivity index (χ3v) is 8.49. The Kier molecular flexibility index (Phi) is 2.85. The van der Waals surface area contributed by atoms with Gasteiger partial charge in [-0.25, -0.2) is 0 Å². The predicted octanol–water partition coefficient (Wildman–Crippen LogP) is 0.982. The van der Waals surface area contributed by atoms with Gasteiger partial charge in [0.25, 0.3) is 0 Å². The molecule has 0 aromatic heterocycles. The van der Waals surface area contributed by atoms with Crippen LogP contribution in [0.25, 0.3) is 0 Å². The number of hydrogen-bond donors (Lipinski definition) is 2. The van der Waals surface area contributed by atoms with E-state index >= 15 is 0 Å². The molecular formula is C13H17NO2Te. The number of fused-ring (bicyclic) bond motifs is 1. The molecule has 2 heterocycles. The fourth-order valence-corrected chi connectivity index (χ4v) is 6.96. The van der Waals surface area contributed by atoms with Crippen LogP contribution in [0.5, 0.6) is 0 Å². The van der Waals surface area contributed by atoms with Gasteiger partial charge in [-0.15, -0.1) is 0 Å². The van der Waals surface area contributed by atoms with Crippen LogP contribution in [0.15, 0.2) is 21.8 Å². The Balaban J connectivity index is 1.85. The van der Waals surface area contributed by atoms with E-state index in [0.29, 0.717) is 0 Å². The molecule has 3 aliphatic rings. The van der Waals surface area contributed by atoms with E-state index in [1.165, 1.54) is 5.57 Å². The van der Waals surface area contributed by atoms with Crippen molar-refractivity contribution in [2.75, 3.05) is 0 Å². The van der Waals surface area contributed by atoms with Crippen LogP contribution in [0.1, 0.15) is 26.2 Å². The number of amides is 1. The molecule has 0 saturated carbocycles. The number of aliphatic hydroxyl groups excluding tert-OH is 1. The number of carbonyl (C=O) groups excluding carboxylic acids is 1. The molecule has 1 amide bonds. The van der Waals surface area contributed by atoms with E-state index in [-0.39, 0.29) is 17.9 Å². The summed E-state index contributed by atoms with van der Waals surface area (Å²) in [5.74, 6) is 0.270. The molecule has 4 atom stereocenters. The minimum atomic E-state index is -0.559. The topological polar surface area (TPSA) is 49.3 Å². The predicted molar refractivity (Wildman–Crippen MR) is 66.6 cm³/mol. The minimum absolute atomic E-state index is 0.0875. The van der Waals surface area contributed by atoms with Crippen molar-refractivity contribution in [3.8, 4) is 0 Å². The molecule has 0 radical (unpaired) electrons. The van der Waals surface area contributed by atoms with Crippen molar-refractivity contribution in [3.05, 3.63) is 21.8 Å². The molecule has 2 aliphatic heterocycles. The van der Waals surface area contributed by atoms with Crippen molar-refractivity contribution < 1.29 is 9.90 Å². The van der Waals surface area contributed by atoms with Gasteiger partial charge in [-0.05, 0) is 0 Å². The molecule has 1 fully saturated rings. The second-order valence-corrected chi connectivity index (χ2v) is 8.42. The van der Waals surface area contributed by atoms with Crippen LogP contribution < -0.4 is 5.32 Å². The van der Waals surface area contributed by atoms with Gasteiger partial charge >= 0.3 is 112 Å². The van der Waals surface area contributed by atoms with E-state index in [1.807, 2.05) is 0 Å². The standard InChI is InChI=1S/C13H17NO2Te/c1-8-7-17-13(10(8)14-12(13)16)11(15)9-5-3-2-4-6-9/h3,5,7,9-11,15H,2,4,6H2,1H3,(H,14,16)/t9?,10-,11-,13-/m0/s1. The molecule has 1 aliphatic carbocycles. The molecule has 3 rings (SSSR count). The fourth-order valence-electron chi connectivity index (χ4n) is 3.03. The number of allylic oxidation sites excluding steroid dienone is 1. The second kappa shape index (κ2) is 4.12. The molecule has 4 heteroatoms. The van der Waals surface area contributed by atoms with Crippen LogP contribution >= 0.6 is 0 Å². The van der Waals surface area contributed by atoms with Gasteiger partial charge in [0.1, 0.15) is 0 Å². The SMILES string of the molecule is CC1=C[Te][C@@]2([C@@H](O)C3C=CCCC3)C(=O)N[C@@H]12. The van der Waals surface area contributed by atoms with E-state index in [2.05, 4.69) is 28.5 Å². The van der Waals surface area contributed by atoms with Crippen molar-refractivity contribution in [2.24, 2.45) is 5.92 Å². The molecule has 0 spiro atoms. The van der Waals surface area contributed by atoms with Gasteiger partial charge < -0.3 is 0 Å². The summed E-state index contributed by atoms with van der Waals surface area (Å²) >= 11 is -0.559. The van der Waals surface area contributed by atoms with Crippen molar-refractivity contribution >= 4 is 26.8 Å². The molecule has 0 aromatic rings. The van der Waals surface area contributed by atoms with Crippen molar-refractivity contribution in [1.29, 1.82) is 0 Å². The first-order valence-electron chi connectivity index (χ1n) is 6.16. The maximum absolute atomic E-state index is 12.0. The molecule has 1 unspecified atom stereocenters. The summed E-state index contributed by atoms with van der Waals surface area (Å²) in [4.78, 5) is 12.0. The molecule has 3 nitrogen and oxygen atoms in total. The van der Waals surface area contributed by atoms with Gasteiger partial charge in [0, 0.05) is 0 Å². The zero-order valence-corrected chi connectivity index (χ0v) is 12.2. The Bertz CT molecular complexity index is 418. The van der Waals surface area contributed by atoms with Crippen LogP contribution in [0, 0.1) is 5.92 Å². The van der Waals surface area contributed by atoms with Crippen molar-refractivity contribution in [3.63, 3.8) is 0 Å². The van der Waals surface area contributed by atoms with Gasteiger partial charge in [0.15, 0.2) is 0 Å². The number of rotatable bonds is 2. The number of hydrogen-bond acceptors (Lipinski definition) is 2.